The Labute approximate surface area is 206 Å². The zero-order valence-corrected chi connectivity index (χ0v) is 20.4. The highest BCUT2D eigenvalue weighted by Crippen LogP contribution is 2.42. The van der Waals surface area contributed by atoms with Gasteiger partial charge in [0.25, 0.3) is 0 Å². The Morgan fingerprint density at radius 2 is 1.71 bits per heavy atom. The topological polar surface area (TPSA) is 71.1 Å². The van der Waals surface area contributed by atoms with E-state index >= 15 is 0 Å². The Hall–Kier alpha value is -3.46. The van der Waals surface area contributed by atoms with E-state index < -0.39 is 11.4 Å². The van der Waals surface area contributed by atoms with E-state index in [1.54, 1.807) is 19.2 Å². The molecule has 6 nitrogen and oxygen atoms in total. The van der Waals surface area contributed by atoms with Gasteiger partial charge in [-0.25, -0.2) is 4.79 Å². The van der Waals surface area contributed by atoms with Crippen molar-refractivity contribution in [3.8, 4) is 29.1 Å². The van der Waals surface area contributed by atoms with E-state index in [4.69, 9.17) is 14.2 Å². The minimum absolute atomic E-state index is 0.138. The van der Waals surface area contributed by atoms with E-state index in [9.17, 15) is 9.59 Å². The van der Waals surface area contributed by atoms with Crippen LogP contribution in [0.1, 0.15) is 62.5 Å². The average Bonchev–Trinajstić information content (AvgIpc) is 3.41. The SMILES string of the molecule is COC(=O)COc1ccc(C#CC2(c3ccc(OC)c(OC4CCCC4)c3)CCC(=O)CC2)cc1. The smallest absolute Gasteiger partial charge is 0.343 e. The molecule has 4 rings (SSSR count). The monoisotopic (exact) mass is 476 g/mol. The normalized spacial score (nSPS) is 17.3. The molecular weight excluding hydrogens is 444 g/mol. The van der Waals surface area contributed by atoms with Gasteiger partial charge in [-0.05, 0) is 80.5 Å². The first-order valence-corrected chi connectivity index (χ1v) is 12.2. The highest BCUT2D eigenvalue weighted by Gasteiger charge is 2.36. The minimum atomic E-state index is -0.436. The number of esters is 1. The van der Waals surface area contributed by atoms with Crippen molar-refractivity contribution in [3.05, 3.63) is 53.6 Å². The molecule has 0 heterocycles. The molecule has 0 saturated heterocycles. The number of rotatable bonds is 7. The number of ketones is 1. The van der Waals surface area contributed by atoms with Gasteiger partial charge in [0.2, 0.25) is 0 Å². The van der Waals surface area contributed by atoms with Gasteiger partial charge in [0.05, 0.1) is 25.7 Å². The summed E-state index contributed by atoms with van der Waals surface area (Å²) in [7, 11) is 2.98. The van der Waals surface area contributed by atoms with Gasteiger partial charge in [-0.3, -0.25) is 4.79 Å². The molecule has 0 spiro atoms. The van der Waals surface area contributed by atoms with Gasteiger partial charge in [0, 0.05) is 18.4 Å². The molecule has 0 aromatic heterocycles. The van der Waals surface area contributed by atoms with Crippen molar-refractivity contribution in [1.29, 1.82) is 0 Å². The number of hydrogen-bond acceptors (Lipinski definition) is 6. The van der Waals surface area contributed by atoms with Crippen molar-refractivity contribution < 1.29 is 28.5 Å². The summed E-state index contributed by atoms with van der Waals surface area (Å²) < 4.78 is 21.9. The molecular formula is C29H32O6. The molecule has 6 heteroatoms. The second-order valence-electron chi connectivity index (χ2n) is 9.15. The van der Waals surface area contributed by atoms with Crippen LogP contribution >= 0.6 is 0 Å². The third-order valence-electron chi connectivity index (χ3n) is 6.86. The Morgan fingerprint density at radius 3 is 2.37 bits per heavy atom. The number of Topliss-reactive ketones (excluding diaryl/α,β-unsaturated/α-hetero) is 1. The number of hydrogen-bond donors (Lipinski definition) is 0. The van der Waals surface area contributed by atoms with Crippen molar-refractivity contribution in [1.82, 2.24) is 0 Å². The van der Waals surface area contributed by atoms with Gasteiger partial charge < -0.3 is 18.9 Å². The summed E-state index contributed by atoms with van der Waals surface area (Å²) >= 11 is 0. The third-order valence-corrected chi connectivity index (χ3v) is 6.86. The maximum atomic E-state index is 12.1. The first kappa shape index (κ1) is 24.7. The van der Waals surface area contributed by atoms with E-state index in [0.717, 1.165) is 35.5 Å². The summed E-state index contributed by atoms with van der Waals surface area (Å²) in [5.74, 6) is 8.72. The predicted molar refractivity (Wildman–Crippen MR) is 132 cm³/mol. The number of carbonyl (C=O) groups is 2. The third kappa shape index (κ3) is 6.16. The average molecular weight is 477 g/mol. The first-order chi connectivity index (χ1) is 17.0. The maximum absolute atomic E-state index is 12.1. The van der Waals surface area contributed by atoms with Crippen LogP contribution in [0.5, 0.6) is 17.2 Å². The number of carbonyl (C=O) groups excluding carboxylic acids is 2. The van der Waals surface area contributed by atoms with Gasteiger partial charge in [0.15, 0.2) is 18.1 Å². The van der Waals surface area contributed by atoms with Crippen LogP contribution < -0.4 is 14.2 Å². The van der Waals surface area contributed by atoms with E-state index in [1.165, 1.54) is 20.0 Å². The molecule has 2 aromatic carbocycles. The van der Waals surface area contributed by atoms with Gasteiger partial charge in [-0.15, -0.1) is 0 Å². The van der Waals surface area contributed by atoms with E-state index in [1.807, 2.05) is 18.2 Å². The molecule has 0 amide bonds. The second kappa shape index (κ2) is 11.3. The van der Waals surface area contributed by atoms with Crippen molar-refractivity contribution in [3.63, 3.8) is 0 Å². The zero-order chi connectivity index (χ0) is 24.7. The Kier molecular flexibility index (Phi) is 7.97. The summed E-state index contributed by atoms with van der Waals surface area (Å²) in [5.41, 5.74) is 1.46. The molecule has 2 aliphatic carbocycles. The Bertz CT molecular complexity index is 1090. The largest absolute Gasteiger partial charge is 0.493 e. The van der Waals surface area contributed by atoms with E-state index in [-0.39, 0.29) is 18.5 Å². The van der Waals surface area contributed by atoms with E-state index in [2.05, 4.69) is 28.7 Å². The summed E-state index contributed by atoms with van der Waals surface area (Å²) in [5, 5.41) is 0. The number of benzene rings is 2. The molecule has 0 aliphatic heterocycles. The van der Waals surface area contributed by atoms with E-state index in [0.29, 0.717) is 31.4 Å². The molecule has 0 atom stereocenters. The quantitative estimate of drug-likeness (QED) is 0.414. The highest BCUT2D eigenvalue weighted by atomic mass is 16.6. The molecule has 2 fully saturated rings. The standard InChI is InChI=1S/C29H32O6/c1-32-26-12-9-22(19-27(26)35-25-5-3-4-6-25)29(17-14-23(30)15-18-29)16-13-21-7-10-24(11-8-21)34-20-28(31)33-2/h7-12,19,25H,3-6,14-15,17-18,20H2,1-2H3. The molecule has 35 heavy (non-hydrogen) atoms. The second-order valence-corrected chi connectivity index (χ2v) is 9.15. The van der Waals surface area contributed by atoms with Crippen LogP contribution in [0.15, 0.2) is 42.5 Å². The Balaban J connectivity index is 1.59. The molecule has 0 unspecified atom stereocenters. The molecule has 0 bridgehead atoms. The lowest BCUT2D eigenvalue weighted by Gasteiger charge is -2.33. The van der Waals surface area contributed by atoms with Crippen LogP contribution in [0.3, 0.4) is 0 Å². The fourth-order valence-electron chi connectivity index (χ4n) is 4.72. The molecule has 0 N–H and O–H groups in total. The van der Waals surface area contributed by atoms with Gasteiger partial charge in [0.1, 0.15) is 11.5 Å². The van der Waals surface area contributed by atoms with Crippen molar-refractivity contribution in [2.45, 2.75) is 62.9 Å². The molecule has 0 radical (unpaired) electrons. The van der Waals surface area contributed by atoms with Crippen molar-refractivity contribution in [2.75, 3.05) is 20.8 Å². The summed E-state index contributed by atoms with van der Waals surface area (Å²) in [6.45, 7) is -0.138. The van der Waals surface area contributed by atoms with Crippen LogP contribution in [0.25, 0.3) is 0 Å². The van der Waals surface area contributed by atoms with Gasteiger partial charge >= 0.3 is 5.97 Å². The highest BCUT2D eigenvalue weighted by molar-refractivity contribution is 5.80. The minimum Gasteiger partial charge on any atom is -0.493 e. The predicted octanol–water partition coefficient (Wildman–Crippen LogP) is 5.00. The summed E-state index contributed by atoms with van der Waals surface area (Å²) in [6.07, 6.45) is 7.10. The molecule has 2 saturated carbocycles. The lowest BCUT2D eigenvalue weighted by molar-refractivity contribution is -0.142. The maximum Gasteiger partial charge on any atom is 0.343 e. The van der Waals surface area contributed by atoms with Crippen LogP contribution in [0.4, 0.5) is 0 Å². The molecule has 2 aromatic rings. The fraction of sp³-hybridized carbons (Fsp3) is 0.448. The van der Waals surface area contributed by atoms with Crippen molar-refractivity contribution >= 4 is 11.8 Å². The zero-order valence-electron chi connectivity index (χ0n) is 20.4. The lowest BCUT2D eigenvalue weighted by atomic mass is 9.69. The fourth-order valence-corrected chi connectivity index (χ4v) is 4.72. The van der Waals surface area contributed by atoms with Crippen molar-refractivity contribution in [2.24, 2.45) is 0 Å². The first-order valence-electron chi connectivity index (χ1n) is 12.2. The summed E-state index contributed by atoms with van der Waals surface area (Å²) in [6, 6.07) is 13.4. The van der Waals surface area contributed by atoms with Crippen LogP contribution in [-0.4, -0.2) is 38.7 Å². The molecule has 184 valence electrons. The Morgan fingerprint density at radius 1 is 1.00 bits per heavy atom. The van der Waals surface area contributed by atoms with Crippen LogP contribution in [0, 0.1) is 11.8 Å². The number of methoxy groups -OCH3 is 2. The van der Waals surface area contributed by atoms with Gasteiger partial charge in [-0.2, -0.15) is 0 Å². The van der Waals surface area contributed by atoms with Crippen LogP contribution in [-0.2, 0) is 19.7 Å². The van der Waals surface area contributed by atoms with Crippen LogP contribution in [0.2, 0.25) is 0 Å². The van der Waals surface area contributed by atoms with Gasteiger partial charge in [-0.1, -0.05) is 17.9 Å². The lowest BCUT2D eigenvalue weighted by Crippen LogP contribution is -2.30. The number of ether oxygens (including phenoxy) is 4. The molecule has 2 aliphatic rings. The summed E-state index contributed by atoms with van der Waals surface area (Å²) in [4.78, 5) is 23.4.